The SMILES string of the molecule is CN(C)C(=O)N(CC(=O)Nc1ccon1)C1CC1. The molecule has 2 rings (SSSR count). The molecule has 1 N–H and O–H groups in total. The number of hydrogen-bond donors (Lipinski definition) is 1. The molecule has 0 saturated heterocycles. The Bertz CT molecular complexity index is 426. The molecule has 0 radical (unpaired) electrons. The first kappa shape index (κ1) is 12.4. The van der Waals surface area contributed by atoms with Crippen molar-refractivity contribution in [3.8, 4) is 0 Å². The van der Waals surface area contributed by atoms with Gasteiger partial charge in [0.05, 0.1) is 0 Å². The monoisotopic (exact) mass is 252 g/mol. The minimum Gasteiger partial charge on any atom is -0.363 e. The van der Waals surface area contributed by atoms with Gasteiger partial charge in [-0.3, -0.25) is 4.79 Å². The van der Waals surface area contributed by atoms with E-state index < -0.39 is 0 Å². The van der Waals surface area contributed by atoms with Gasteiger partial charge in [0.2, 0.25) is 5.91 Å². The van der Waals surface area contributed by atoms with Gasteiger partial charge in [-0.2, -0.15) is 0 Å². The highest BCUT2D eigenvalue weighted by Gasteiger charge is 2.34. The van der Waals surface area contributed by atoms with Crippen molar-refractivity contribution in [3.05, 3.63) is 12.3 Å². The molecular weight excluding hydrogens is 236 g/mol. The maximum atomic E-state index is 11.9. The summed E-state index contributed by atoms with van der Waals surface area (Å²) in [5.41, 5.74) is 0. The first-order chi connectivity index (χ1) is 8.58. The first-order valence-electron chi connectivity index (χ1n) is 5.76. The smallest absolute Gasteiger partial charge is 0.320 e. The topological polar surface area (TPSA) is 78.7 Å². The Labute approximate surface area is 105 Å². The van der Waals surface area contributed by atoms with Crippen molar-refractivity contribution < 1.29 is 14.1 Å². The molecule has 0 spiro atoms. The Morgan fingerprint density at radius 2 is 2.22 bits per heavy atom. The van der Waals surface area contributed by atoms with Crippen LogP contribution in [0.5, 0.6) is 0 Å². The van der Waals surface area contributed by atoms with Crippen LogP contribution >= 0.6 is 0 Å². The average Bonchev–Trinajstić information content (AvgIpc) is 3.04. The summed E-state index contributed by atoms with van der Waals surface area (Å²) in [6.07, 6.45) is 3.28. The normalized spacial score (nSPS) is 14.1. The number of carbonyl (C=O) groups excluding carboxylic acids is 2. The Kier molecular flexibility index (Phi) is 3.50. The second kappa shape index (κ2) is 5.07. The zero-order valence-electron chi connectivity index (χ0n) is 10.4. The molecule has 1 aliphatic carbocycles. The number of rotatable bonds is 4. The fourth-order valence-corrected chi connectivity index (χ4v) is 1.61. The second-order valence-corrected chi connectivity index (χ2v) is 4.47. The number of hydrogen-bond acceptors (Lipinski definition) is 4. The van der Waals surface area contributed by atoms with Gasteiger partial charge in [-0.1, -0.05) is 5.16 Å². The van der Waals surface area contributed by atoms with Gasteiger partial charge in [0.15, 0.2) is 5.82 Å². The summed E-state index contributed by atoms with van der Waals surface area (Å²) in [6.45, 7) is 0.0362. The number of nitrogens with one attached hydrogen (secondary N) is 1. The maximum absolute atomic E-state index is 11.9. The molecule has 18 heavy (non-hydrogen) atoms. The Balaban J connectivity index is 1.92. The third kappa shape index (κ3) is 2.99. The van der Waals surface area contributed by atoms with Crippen molar-refractivity contribution in [2.75, 3.05) is 26.0 Å². The van der Waals surface area contributed by atoms with E-state index in [1.54, 1.807) is 25.1 Å². The van der Waals surface area contributed by atoms with E-state index in [0.29, 0.717) is 5.82 Å². The number of urea groups is 1. The lowest BCUT2D eigenvalue weighted by Crippen LogP contribution is -2.44. The van der Waals surface area contributed by atoms with Crippen LogP contribution in [-0.2, 0) is 4.79 Å². The second-order valence-electron chi connectivity index (χ2n) is 4.47. The van der Waals surface area contributed by atoms with E-state index >= 15 is 0 Å². The van der Waals surface area contributed by atoms with Gasteiger partial charge in [0.25, 0.3) is 0 Å². The summed E-state index contributed by atoms with van der Waals surface area (Å²) >= 11 is 0. The average molecular weight is 252 g/mol. The molecule has 1 fully saturated rings. The Morgan fingerprint density at radius 1 is 1.50 bits per heavy atom. The molecule has 3 amide bonds. The lowest BCUT2D eigenvalue weighted by Gasteiger charge is -2.25. The molecule has 7 heteroatoms. The predicted octanol–water partition coefficient (Wildman–Crippen LogP) is 0.759. The molecule has 98 valence electrons. The van der Waals surface area contributed by atoms with Crippen molar-refractivity contribution in [2.45, 2.75) is 18.9 Å². The zero-order chi connectivity index (χ0) is 13.1. The number of amides is 3. The fourth-order valence-electron chi connectivity index (χ4n) is 1.61. The molecule has 1 aromatic rings. The number of anilines is 1. The highest BCUT2D eigenvalue weighted by Crippen LogP contribution is 2.27. The predicted molar refractivity (Wildman–Crippen MR) is 63.9 cm³/mol. The van der Waals surface area contributed by atoms with E-state index in [1.807, 2.05) is 0 Å². The van der Waals surface area contributed by atoms with Crippen LogP contribution in [0.25, 0.3) is 0 Å². The molecule has 0 aromatic carbocycles. The van der Waals surface area contributed by atoms with Gasteiger partial charge in [-0.15, -0.1) is 0 Å². The minimum absolute atomic E-state index is 0.0362. The summed E-state index contributed by atoms with van der Waals surface area (Å²) in [5, 5.41) is 6.16. The first-order valence-corrected chi connectivity index (χ1v) is 5.76. The van der Waals surface area contributed by atoms with E-state index in [-0.39, 0.29) is 24.5 Å². The van der Waals surface area contributed by atoms with Gasteiger partial charge in [-0.25, -0.2) is 4.79 Å². The molecule has 0 aliphatic heterocycles. The van der Waals surface area contributed by atoms with E-state index in [1.165, 1.54) is 11.2 Å². The lowest BCUT2D eigenvalue weighted by atomic mass is 10.4. The van der Waals surface area contributed by atoms with Crippen molar-refractivity contribution in [1.82, 2.24) is 15.0 Å². The lowest BCUT2D eigenvalue weighted by molar-refractivity contribution is -0.117. The number of aromatic nitrogens is 1. The van der Waals surface area contributed by atoms with Gasteiger partial charge >= 0.3 is 6.03 Å². The van der Waals surface area contributed by atoms with E-state index in [9.17, 15) is 9.59 Å². The molecule has 0 atom stereocenters. The summed E-state index contributed by atoms with van der Waals surface area (Å²) in [7, 11) is 3.35. The van der Waals surface area contributed by atoms with Crippen LogP contribution in [0.2, 0.25) is 0 Å². The molecule has 1 heterocycles. The van der Waals surface area contributed by atoms with Gasteiger partial charge < -0.3 is 19.6 Å². The summed E-state index contributed by atoms with van der Waals surface area (Å²) in [6, 6.07) is 1.59. The van der Waals surface area contributed by atoms with E-state index in [4.69, 9.17) is 0 Å². The maximum Gasteiger partial charge on any atom is 0.320 e. The van der Waals surface area contributed by atoms with Crippen LogP contribution < -0.4 is 5.32 Å². The highest BCUT2D eigenvalue weighted by atomic mass is 16.5. The van der Waals surface area contributed by atoms with Crippen molar-refractivity contribution in [1.29, 1.82) is 0 Å². The summed E-state index contributed by atoms with van der Waals surface area (Å²) < 4.78 is 4.61. The van der Waals surface area contributed by atoms with Crippen LogP contribution in [0.15, 0.2) is 16.9 Å². The molecule has 1 saturated carbocycles. The fraction of sp³-hybridized carbons (Fsp3) is 0.545. The molecule has 0 unspecified atom stereocenters. The molecule has 0 bridgehead atoms. The van der Waals surface area contributed by atoms with Crippen LogP contribution in [0, 0.1) is 0 Å². The van der Waals surface area contributed by atoms with Crippen molar-refractivity contribution in [2.24, 2.45) is 0 Å². The summed E-state index contributed by atoms with van der Waals surface area (Å²) in [5.74, 6) is 0.0825. The summed E-state index contributed by atoms with van der Waals surface area (Å²) in [4.78, 5) is 26.7. The third-order valence-corrected chi connectivity index (χ3v) is 2.64. The molecular formula is C11H16N4O3. The number of nitrogens with zero attached hydrogens (tertiary/aromatic N) is 3. The molecule has 1 aliphatic rings. The van der Waals surface area contributed by atoms with Gasteiger partial charge in [-0.05, 0) is 12.8 Å². The minimum atomic E-state index is -0.272. The van der Waals surface area contributed by atoms with Crippen LogP contribution in [0.4, 0.5) is 10.6 Å². The van der Waals surface area contributed by atoms with E-state index in [2.05, 4.69) is 15.0 Å². The number of carbonyl (C=O) groups is 2. The molecule has 7 nitrogen and oxygen atoms in total. The van der Waals surface area contributed by atoms with Crippen LogP contribution in [0.3, 0.4) is 0 Å². The highest BCUT2D eigenvalue weighted by molar-refractivity contribution is 5.93. The van der Waals surface area contributed by atoms with Crippen molar-refractivity contribution in [3.63, 3.8) is 0 Å². The van der Waals surface area contributed by atoms with Crippen LogP contribution in [-0.4, -0.2) is 53.6 Å². The standard InChI is InChI=1S/C11H16N4O3/c1-14(2)11(17)15(8-3-4-8)7-10(16)12-9-5-6-18-13-9/h5-6,8H,3-4,7H2,1-2H3,(H,12,13,16). The third-order valence-electron chi connectivity index (χ3n) is 2.64. The largest absolute Gasteiger partial charge is 0.363 e. The van der Waals surface area contributed by atoms with Crippen LogP contribution in [0.1, 0.15) is 12.8 Å². The zero-order valence-corrected chi connectivity index (χ0v) is 10.4. The quantitative estimate of drug-likeness (QED) is 0.858. The Morgan fingerprint density at radius 3 is 2.72 bits per heavy atom. The van der Waals surface area contributed by atoms with E-state index in [0.717, 1.165) is 12.8 Å². The van der Waals surface area contributed by atoms with Gasteiger partial charge in [0.1, 0.15) is 12.8 Å². The molecule has 1 aromatic heterocycles. The van der Waals surface area contributed by atoms with Gasteiger partial charge in [0, 0.05) is 26.2 Å². The Hall–Kier alpha value is -2.05. The van der Waals surface area contributed by atoms with Crippen molar-refractivity contribution >= 4 is 17.8 Å².